The molecular formula is C17H20N6O2. The van der Waals surface area contributed by atoms with Gasteiger partial charge >= 0.3 is 6.09 Å². The highest BCUT2D eigenvalue weighted by Crippen LogP contribution is 2.23. The van der Waals surface area contributed by atoms with Crippen molar-refractivity contribution in [2.45, 2.75) is 13.8 Å². The molecule has 0 fully saturated rings. The van der Waals surface area contributed by atoms with E-state index in [1.54, 1.807) is 17.6 Å². The Balaban J connectivity index is 1.82. The van der Waals surface area contributed by atoms with Crippen LogP contribution in [0.15, 0.2) is 36.5 Å². The number of nitrogens with one attached hydrogen (secondary N) is 3. The van der Waals surface area contributed by atoms with Gasteiger partial charge in [0, 0.05) is 18.4 Å². The van der Waals surface area contributed by atoms with Gasteiger partial charge in [-0.2, -0.15) is 0 Å². The highest BCUT2D eigenvalue weighted by Gasteiger charge is 2.08. The summed E-state index contributed by atoms with van der Waals surface area (Å²) in [7, 11) is 1.88. The van der Waals surface area contributed by atoms with Gasteiger partial charge in [0.15, 0.2) is 17.3 Å². The zero-order chi connectivity index (χ0) is 17.8. The number of aromatic nitrogens is 3. The van der Waals surface area contributed by atoms with E-state index in [9.17, 15) is 4.79 Å². The minimum Gasteiger partial charge on any atom is -0.450 e. The lowest BCUT2D eigenvalue weighted by molar-refractivity contribution is 0.168. The molecule has 0 unspecified atom stereocenters. The van der Waals surface area contributed by atoms with Crippen LogP contribution >= 0.6 is 0 Å². The number of hydrogen-bond acceptors (Lipinski definition) is 6. The number of aryl methyl sites for hydroxylation is 1. The summed E-state index contributed by atoms with van der Waals surface area (Å²) in [6.07, 6.45) is 1.10. The van der Waals surface area contributed by atoms with Crippen molar-refractivity contribution in [2.24, 2.45) is 0 Å². The molecule has 0 aliphatic rings. The summed E-state index contributed by atoms with van der Waals surface area (Å²) >= 11 is 0. The van der Waals surface area contributed by atoms with Crippen molar-refractivity contribution in [3.05, 3.63) is 42.1 Å². The summed E-state index contributed by atoms with van der Waals surface area (Å²) in [5.74, 6) is 1.06. The van der Waals surface area contributed by atoms with Crippen LogP contribution in [0.5, 0.6) is 0 Å². The normalized spacial score (nSPS) is 10.5. The van der Waals surface area contributed by atoms with E-state index >= 15 is 0 Å². The summed E-state index contributed by atoms with van der Waals surface area (Å²) in [4.78, 5) is 15.8. The molecule has 1 aromatic carbocycles. The lowest BCUT2D eigenvalue weighted by Crippen LogP contribution is -2.13. The first kappa shape index (κ1) is 16.6. The average Bonchev–Trinajstić information content (AvgIpc) is 2.98. The van der Waals surface area contributed by atoms with Gasteiger partial charge in [0.2, 0.25) is 0 Å². The van der Waals surface area contributed by atoms with Crippen molar-refractivity contribution < 1.29 is 9.53 Å². The first-order chi connectivity index (χ1) is 12.1. The Morgan fingerprint density at radius 1 is 1.24 bits per heavy atom. The molecule has 0 atom stereocenters. The van der Waals surface area contributed by atoms with Gasteiger partial charge in [-0.3, -0.25) is 5.32 Å². The summed E-state index contributed by atoms with van der Waals surface area (Å²) in [6, 6.07) is 9.72. The highest BCUT2D eigenvalue weighted by molar-refractivity contribution is 5.83. The van der Waals surface area contributed by atoms with Crippen LogP contribution in [-0.4, -0.2) is 34.3 Å². The average molecular weight is 340 g/mol. The smallest absolute Gasteiger partial charge is 0.412 e. The molecule has 0 bridgehead atoms. The van der Waals surface area contributed by atoms with Gasteiger partial charge in [-0.25, -0.2) is 14.3 Å². The quantitative estimate of drug-likeness (QED) is 0.659. The van der Waals surface area contributed by atoms with Gasteiger partial charge in [0.05, 0.1) is 12.8 Å². The molecule has 25 heavy (non-hydrogen) atoms. The fourth-order valence-electron chi connectivity index (χ4n) is 2.33. The summed E-state index contributed by atoms with van der Waals surface area (Å²) in [5, 5.41) is 13.4. The zero-order valence-electron chi connectivity index (χ0n) is 14.3. The summed E-state index contributed by atoms with van der Waals surface area (Å²) in [5.41, 5.74) is 3.70. The number of ether oxygens (including phenoxy) is 1. The number of fused-ring (bicyclic) bond motifs is 1. The summed E-state index contributed by atoms with van der Waals surface area (Å²) in [6.45, 7) is 4.07. The zero-order valence-corrected chi connectivity index (χ0v) is 14.3. The van der Waals surface area contributed by atoms with Gasteiger partial charge in [-0.05, 0) is 43.7 Å². The topological polar surface area (TPSA) is 92.6 Å². The Morgan fingerprint density at radius 3 is 2.84 bits per heavy atom. The third kappa shape index (κ3) is 3.79. The van der Waals surface area contributed by atoms with Crippen LogP contribution in [0.1, 0.15) is 12.5 Å². The van der Waals surface area contributed by atoms with Crippen LogP contribution < -0.4 is 16.0 Å². The van der Waals surface area contributed by atoms with E-state index in [1.807, 2.05) is 44.3 Å². The van der Waals surface area contributed by atoms with E-state index in [4.69, 9.17) is 4.74 Å². The maximum Gasteiger partial charge on any atom is 0.412 e. The Hall–Kier alpha value is -3.29. The van der Waals surface area contributed by atoms with Gasteiger partial charge < -0.3 is 15.4 Å². The molecule has 2 heterocycles. The second-order valence-corrected chi connectivity index (χ2v) is 5.40. The molecule has 0 saturated carbocycles. The maximum absolute atomic E-state index is 11.5. The third-order valence-corrected chi connectivity index (χ3v) is 3.61. The Labute approximate surface area is 145 Å². The van der Waals surface area contributed by atoms with Gasteiger partial charge in [-0.1, -0.05) is 6.07 Å². The van der Waals surface area contributed by atoms with Crippen molar-refractivity contribution in [3.8, 4) is 0 Å². The van der Waals surface area contributed by atoms with E-state index in [0.717, 1.165) is 16.9 Å². The molecule has 0 aliphatic carbocycles. The fourth-order valence-corrected chi connectivity index (χ4v) is 2.33. The van der Waals surface area contributed by atoms with E-state index in [1.165, 1.54) is 0 Å². The predicted molar refractivity (Wildman–Crippen MR) is 97.6 cm³/mol. The first-order valence-electron chi connectivity index (χ1n) is 7.94. The number of hydrogen-bond donors (Lipinski definition) is 3. The minimum atomic E-state index is -0.538. The van der Waals surface area contributed by atoms with Gasteiger partial charge in [0.25, 0.3) is 0 Å². The standard InChI is InChI=1S/C17H20N6O2/c1-4-25-17(24)21-15-10-23-16(20-15)8-7-14(22-23)19-13-9-12(18-3)6-5-11(13)2/h5-10,18H,4H2,1-3H3,(H,19,22)(H,21,24). The van der Waals surface area contributed by atoms with Crippen molar-refractivity contribution in [3.63, 3.8) is 0 Å². The molecule has 0 aliphatic heterocycles. The van der Waals surface area contributed by atoms with Crippen LogP contribution in [0.25, 0.3) is 5.65 Å². The lowest BCUT2D eigenvalue weighted by atomic mass is 10.2. The number of carbonyl (C=O) groups excluding carboxylic acids is 1. The minimum absolute atomic E-state index is 0.302. The molecular weight excluding hydrogens is 320 g/mol. The molecule has 130 valence electrons. The Morgan fingerprint density at radius 2 is 2.08 bits per heavy atom. The second-order valence-electron chi connectivity index (χ2n) is 5.40. The van der Waals surface area contributed by atoms with Crippen molar-refractivity contribution in [2.75, 3.05) is 29.6 Å². The number of amides is 1. The Kier molecular flexibility index (Phi) is 4.69. The van der Waals surface area contributed by atoms with Crippen LogP contribution in [-0.2, 0) is 4.74 Å². The largest absolute Gasteiger partial charge is 0.450 e. The molecule has 3 rings (SSSR count). The highest BCUT2D eigenvalue weighted by atomic mass is 16.5. The number of imidazole rings is 1. The summed E-state index contributed by atoms with van der Waals surface area (Å²) < 4.78 is 6.44. The predicted octanol–water partition coefficient (Wildman–Crippen LogP) is 3.39. The van der Waals surface area contributed by atoms with Crippen LogP contribution in [0, 0.1) is 6.92 Å². The SMILES string of the molecule is CCOC(=O)Nc1cn2nc(Nc3cc(NC)ccc3C)ccc2n1. The second kappa shape index (κ2) is 7.08. The van der Waals surface area contributed by atoms with Crippen LogP contribution in [0.3, 0.4) is 0 Å². The molecule has 1 amide bonds. The monoisotopic (exact) mass is 340 g/mol. The number of carbonyl (C=O) groups is 1. The van der Waals surface area contributed by atoms with Crippen molar-refractivity contribution >= 4 is 34.8 Å². The lowest BCUT2D eigenvalue weighted by Gasteiger charge is -2.11. The number of anilines is 4. The molecule has 8 heteroatoms. The van der Waals surface area contributed by atoms with Crippen molar-refractivity contribution in [1.29, 1.82) is 0 Å². The number of rotatable bonds is 5. The fraction of sp³-hybridized carbons (Fsp3) is 0.235. The van der Waals surface area contributed by atoms with Gasteiger partial charge in [0.1, 0.15) is 0 Å². The van der Waals surface area contributed by atoms with E-state index in [0.29, 0.717) is 23.9 Å². The molecule has 0 radical (unpaired) electrons. The van der Waals surface area contributed by atoms with Crippen molar-refractivity contribution in [1.82, 2.24) is 14.6 Å². The molecule has 0 spiro atoms. The third-order valence-electron chi connectivity index (χ3n) is 3.61. The van der Waals surface area contributed by atoms with Crippen LogP contribution in [0.4, 0.5) is 27.8 Å². The maximum atomic E-state index is 11.5. The number of nitrogens with zero attached hydrogens (tertiary/aromatic N) is 3. The molecule has 0 saturated heterocycles. The number of benzene rings is 1. The molecule has 8 nitrogen and oxygen atoms in total. The van der Waals surface area contributed by atoms with E-state index in [-0.39, 0.29) is 0 Å². The molecule has 3 N–H and O–H groups in total. The van der Waals surface area contributed by atoms with Crippen LogP contribution in [0.2, 0.25) is 0 Å². The Bertz CT molecular complexity index is 905. The van der Waals surface area contributed by atoms with E-state index in [2.05, 4.69) is 26.0 Å². The molecule has 2 aromatic heterocycles. The molecule has 3 aromatic rings. The van der Waals surface area contributed by atoms with E-state index < -0.39 is 6.09 Å². The first-order valence-corrected chi connectivity index (χ1v) is 7.94. The van der Waals surface area contributed by atoms with Gasteiger partial charge in [-0.15, -0.1) is 5.10 Å².